The van der Waals surface area contributed by atoms with Crippen LogP contribution < -0.4 is 4.80 Å². The van der Waals surface area contributed by atoms with Crippen LogP contribution in [-0.4, -0.2) is 15.5 Å². The van der Waals surface area contributed by atoms with Crippen LogP contribution in [0.1, 0.15) is 10.4 Å². The molecule has 7 heteroatoms. The fourth-order valence-corrected chi connectivity index (χ4v) is 5.19. The van der Waals surface area contributed by atoms with Crippen LogP contribution in [0.15, 0.2) is 71.0 Å². The van der Waals surface area contributed by atoms with Crippen molar-refractivity contribution in [2.45, 2.75) is 6.54 Å². The van der Waals surface area contributed by atoms with Crippen molar-refractivity contribution in [2.24, 2.45) is 4.99 Å². The number of para-hydroxylation sites is 2. The van der Waals surface area contributed by atoms with E-state index >= 15 is 0 Å². The third kappa shape index (κ3) is 3.46. The number of rotatable bonds is 3. The Kier molecular flexibility index (Phi) is 4.94. The SMILES string of the molecule is C#CCn1c(=NC(=O)c2cc(-c3cccs3)nc3ccccc23)sc2cccc(F)c21. The summed E-state index contributed by atoms with van der Waals surface area (Å²) in [7, 11) is 0. The molecule has 3 heterocycles. The number of terminal acetylenes is 1. The zero-order chi connectivity index (χ0) is 21.4. The highest BCUT2D eigenvalue weighted by molar-refractivity contribution is 7.16. The molecule has 0 spiro atoms. The molecule has 0 radical (unpaired) electrons. The number of thiazole rings is 1. The van der Waals surface area contributed by atoms with E-state index in [4.69, 9.17) is 11.4 Å². The van der Waals surface area contributed by atoms with E-state index in [9.17, 15) is 9.18 Å². The van der Waals surface area contributed by atoms with Gasteiger partial charge >= 0.3 is 0 Å². The van der Waals surface area contributed by atoms with Crippen LogP contribution in [0.3, 0.4) is 0 Å². The molecule has 0 bridgehead atoms. The van der Waals surface area contributed by atoms with Gasteiger partial charge in [0, 0.05) is 5.39 Å². The van der Waals surface area contributed by atoms with Gasteiger partial charge in [-0.3, -0.25) is 4.79 Å². The third-order valence-corrected chi connectivity index (χ3v) is 6.75. The van der Waals surface area contributed by atoms with E-state index in [1.807, 2.05) is 41.8 Å². The molecule has 1 amide bonds. The summed E-state index contributed by atoms with van der Waals surface area (Å²) in [5.41, 5.74) is 2.23. The van der Waals surface area contributed by atoms with E-state index in [0.29, 0.717) is 37.2 Å². The van der Waals surface area contributed by atoms with E-state index < -0.39 is 11.7 Å². The van der Waals surface area contributed by atoms with Crippen LogP contribution in [0.5, 0.6) is 0 Å². The molecule has 0 atom stereocenters. The molecular weight excluding hydrogens is 429 g/mol. The predicted octanol–water partition coefficient (Wildman–Crippen LogP) is 5.49. The van der Waals surface area contributed by atoms with E-state index in [1.165, 1.54) is 17.4 Å². The molecule has 0 saturated carbocycles. The van der Waals surface area contributed by atoms with E-state index in [2.05, 4.69) is 10.9 Å². The maximum absolute atomic E-state index is 14.4. The minimum absolute atomic E-state index is 0.116. The number of amides is 1. The zero-order valence-corrected chi connectivity index (χ0v) is 17.7. The first kappa shape index (κ1) is 19.4. The van der Waals surface area contributed by atoms with Crippen LogP contribution in [0.25, 0.3) is 31.7 Å². The number of halogens is 1. The number of aromatic nitrogens is 2. The topological polar surface area (TPSA) is 47.2 Å². The lowest BCUT2D eigenvalue weighted by Crippen LogP contribution is -2.17. The minimum Gasteiger partial charge on any atom is -0.302 e. The van der Waals surface area contributed by atoms with E-state index in [0.717, 1.165) is 4.88 Å². The molecule has 0 fully saturated rings. The van der Waals surface area contributed by atoms with Crippen molar-refractivity contribution in [1.29, 1.82) is 0 Å². The molecular formula is C24H14FN3OS2. The van der Waals surface area contributed by atoms with Gasteiger partial charge in [-0.25, -0.2) is 9.37 Å². The summed E-state index contributed by atoms with van der Waals surface area (Å²) in [6.45, 7) is 0.116. The molecule has 0 saturated heterocycles. The summed E-state index contributed by atoms with van der Waals surface area (Å²) < 4.78 is 16.7. The van der Waals surface area contributed by atoms with Crippen molar-refractivity contribution in [2.75, 3.05) is 0 Å². The number of thiophene rings is 1. The standard InChI is InChI=1S/C24H14FN3OS2/c1-2-12-28-22-17(25)8-5-10-21(22)31-24(28)27-23(29)16-14-19(20-11-6-13-30-20)26-18-9-4-3-7-15(16)18/h1,3-11,13-14H,12H2. The highest BCUT2D eigenvalue weighted by Crippen LogP contribution is 2.28. The molecule has 5 aromatic rings. The summed E-state index contributed by atoms with van der Waals surface area (Å²) >= 11 is 2.79. The molecule has 31 heavy (non-hydrogen) atoms. The number of hydrogen-bond donors (Lipinski definition) is 0. The lowest BCUT2D eigenvalue weighted by molar-refractivity contribution is 0.0999. The fraction of sp³-hybridized carbons (Fsp3) is 0.0417. The first-order chi connectivity index (χ1) is 15.2. The molecule has 0 N–H and O–H groups in total. The third-order valence-electron chi connectivity index (χ3n) is 4.82. The Labute approximate surface area is 185 Å². The first-order valence-corrected chi connectivity index (χ1v) is 11.1. The highest BCUT2D eigenvalue weighted by atomic mass is 32.1. The molecule has 0 unspecified atom stereocenters. The Hall–Kier alpha value is -3.60. The molecule has 0 aliphatic rings. The Balaban J connectivity index is 1.73. The second-order valence-electron chi connectivity index (χ2n) is 6.73. The van der Waals surface area contributed by atoms with E-state index in [1.54, 1.807) is 34.1 Å². The zero-order valence-electron chi connectivity index (χ0n) is 16.1. The number of pyridine rings is 1. The molecule has 150 valence electrons. The Morgan fingerprint density at radius 2 is 2.03 bits per heavy atom. The summed E-state index contributed by atoms with van der Waals surface area (Å²) in [5.74, 6) is 1.71. The van der Waals surface area contributed by atoms with Crippen molar-refractivity contribution < 1.29 is 9.18 Å². The Bertz CT molecular complexity index is 1560. The average Bonchev–Trinajstić information content (AvgIpc) is 3.43. The summed E-state index contributed by atoms with van der Waals surface area (Å²) in [4.78, 5) is 23.7. The lowest BCUT2D eigenvalue weighted by Gasteiger charge is -2.06. The number of nitrogens with zero attached hydrogens (tertiary/aromatic N) is 3. The van der Waals surface area contributed by atoms with Crippen LogP contribution in [-0.2, 0) is 6.54 Å². The smallest absolute Gasteiger partial charge is 0.280 e. The van der Waals surface area contributed by atoms with Crippen LogP contribution in [0.2, 0.25) is 0 Å². The number of carbonyl (C=O) groups is 1. The van der Waals surface area contributed by atoms with Gasteiger partial charge in [-0.15, -0.1) is 17.8 Å². The minimum atomic E-state index is -0.422. The monoisotopic (exact) mass is 443 g/mol. The molecule has 0 aliphatic carbocycles. The Morgan fingerprint density at radius 3 is 2.84 bits per heavy atom. The molecule has 0 aliphatic heterocycles. The van der Waals surface area contributed by atoms with Gasteiger partial charge in [-0.2, -0.15) is 4.99 Å². The van der Waals surface area contributed by atoms with Crippen molar-refractivity contribution >= 4 is 49.7 Å². The molecule has 4 nitrogen and oxygen atoms in total. The predicted molar refractivity (Wildman–Crippen MR) is 124 cm³/mol. The van der Waals surface area contributed by atoms with Gasteiger partial charge in [-0.05, 0) is 35.7 Å². The van der Waals surface area contributed by atoms with E-state index in [-0.39, 0.29) is 6.54 Å². The number of benzene rings is 2. The van der Waals surface area contributed by atoms with Crippen LogP contribution in [0, 0.1) is 18.2 Å². The van der Waals surface area contributed by atoms with Crippen molar-refractivity contribution in [3.05, 3.63) is 82.2 Å². The van der Waals surface area contributed by atoms with Crippen molar-refractivity contribution in [1.82, 2.24) is 9.55 Å². The van der Waals surface area contributed by atoms with Gasteiger partial charge in [0.1, 0.15) is 5.82 Å². The second kappa shape index (κ2) is 7.91. The Morgan fingerprint density at radius 1 is 1.16 bits per heavy atom. The van der Waals surface area contributed by atoms with Gasteiger partial charge < -0.3 is 4.57 Å². The van der Waals surface area contributed by atoms with Gasteiger partial charge in [-0.1, -0.05) is 47.6 Å². The summed E-state index contributed by atoms with van der Waals surface area (Å²) in [6, 6.07) is 17.9. The first-order valence-electron chi connectivity index (χ1n) is 9.40. The number of hydrogen-bond acceptors (Lipinski definition) is 4. The van der Waals surface area contributed by atoms with Crippen LogP contribution >= 0.6 is 22.7 Å². The van der Waals surface area contributed by atoms with Crippen molar-refractivity contribution in [3.63, 3.8) is 0 Å². The molecule has 5 rings (SSSR count). The van der Waals surface area contributed by atoms with Gasteiger partial charge in [0.15, 0.2) is 4.80 Å². The molecule has 3 aromatic heterocycles. The van der Waals surface area contributed by atoms with Gasteiger partial charge in [0.2, 0.25) is 0 Å². The maximum Gasteiger partial charge on any atom is 0.280 e. The van der Waals surface area contributed by atoms with Crippen molar-refractivity contribution in [3.8, 4) is 22.9 Å². The number of fused-ring (bicyclic) bond motifs is 2. The summed E-state index contributed by atoms with van der Waals surface area (Å²) in [6.07, 6.45) is 5.50. The maximum atomic E-state index is 14.4. The largest absolute Gasteiger partial charge is 0.302 e. The number of carbonyl (C=O) groups excluding carboxylic acids is 1. The molecule has 2 aromatic carbocycles. The quantitative estimate of drug-likeness (QED) is 0.346. The lowest BCUT2D eigenvalue weighted by atomic mass is 10.1. The van der Waals surface area contributed by atoms with Gasteiger partial charge in [0.05, 0.1) is 38.4 Å². The fourth-order valence-electron chi connectivity index (χ4n) is 3.46. The normalized spacial score (nSPS) is 11.8. The second-order valence-corrected chi connectivity index (χ2v) is 8.68. The average molecular weight is 444 g/mol. The highest BCUT2D eigenvalue weighted by Gasteiger charge is 2.16. The summed E-state index contributed by atoms with van der Waals surface area (Å²) in [5, 5.41) is 2.68. The van der Waals surface area contributed by atoms with Gasteiger partial charge in [0.25, 0.3) is 5.91 Å². The van der Waals surface area contributed by atoms with Crippen LogP contribution in [0.4, 0.5) is 4.39 Å².